The molecular formula is C10H21NO7. The predicted octanol–water partition coefficient (Wildman–Crippen LogP) is -3.69. The Hall–Kier alpha value is -0.770. The highest BCUT2D eigenvalue weighted by Gasteiger charge is 2.34. The fourth-order valence-corrected chi connectivity index (χ4v) is 1.24. The van der Waals surface area contributed by atoms with Crippen LogP contribution in [0.15, 0.2) is 0 Å². The summed E-state index contributed by atoms with van der Waals surface area (Å²) < 4.78 is 0. The second kappa shape index (κ2) is 8.35. The molecule has 0 aliphatic rings. The van der Waals surface area contributed by atoms with E-state index < -0.39 is 43.0 Å². The van der Waals surface area contributed by atoms with Gasteiger partial charge in [0.15, 0.2) is 6.10 Å². The summed E-state index contributed by atoms with van der Waals surface area (Å²) in [6, 6.07) is -0.570. The van der Waals surface area contributed by atoms with Gasteiger partial charge >= 0.3 is 0 Å². The molecule has 0 spiro atoms. The summed E-state index contributed by atoms with van der Waals surface area (Å²) in [5.74, 6) is -0.979. The van der Waals surface area contributed by atoms with E-state index in [0.29, 0.717) is 6.42 Å². The van der Waals surface area contributed by atoms with Gasteiger partial charge in [0.2, 0.25) is 0 Å². The van der Waals surface area contributed by atoms with E-state index in [0.717, 1.165) is 0 Å². The zero-order chi connectivity index (χ0) is 14.3. The van der Waals surface area contributed by atoms with Gasteiger partial charge in [0.25, 0.3) is 5.91 Å². The summed E-state index contributed by atoms with van der Waals surface area (Å²) in [5, 5.41) is 56.9. The molecule has 5 unspecified atom stereocenters. The molecule has 0 saturated heterocycles. The number of aliphatic hydroxyl groups excluding tert-OH is 6. The molecule has 0 aliphatic carbocycles. The Kier molecular flexibility index (Phi) is 8.00. The Balaban J connectivity index is 4.44. The third-order valence-corrected chi connectivity index (χ3v) is 2.58. The SMILES string of the molecule is CCC(CO)NC(=O)C(O)C(O)C(O)C(O)CO. The van der Waals surface area contributed by atoms with Crippen LogP contribution >= 0.6 is 0 Å². The molecule has 8 nitrogen and oxygen atoms in total. The second-order valence-electron chi connectivity index (χ2n) is 3.97. The quantitative estimate of drug-likeness (QED) is 0.239. The molecule has 0 saturated carbocycles. The van der Waals surface area contributed by atoms with Gasteiger partial charge in [-0.15, -0.1) is 0 Å². The first kappa shape index (κ1) is 17.2. The predicted molar refractivity (Wildman–Crippen MR) is 60.4 cm³/mol. The van der Waals surface area contributed by atoms with Crippen molar-refractivity contribution in [1.29, 1.82) is 0 Å². The van der Waals surface area contributed by atoms with Crippen LogP contribution in [0, 0.1) is 0 Å². The van der Waals surface area contributed by atoms with Crippen LogP contribution in [0.2, 0.25) is 0 Å². The van der Waals surface area contributed by atoms with E-state index >= 15 is 0 Å². The van der Waals surface area contributed by atoms with Crippen molar-refractivity contribution >= 4 is 5.91 Å². The van der Waals surface area contributed by atoms with E-state index in [2.05, 4.69) is 5.32 Å². The van der Waals surface area contributed by atoms with Gasteiger partial charge in [0.05, 0.1) is 19.3 Å². The first-order chi connectivity index (χ1) is 8.38. The summed E-state index contributed by atoms with van der Waals surface area (Å²) in [6.45, 7) is 0.558. The molecule has 0 aromatic heterocycles. The van der Waals surface area contributed by atoms with Gasteiger partial charge in [0, 0.05) is 0 Å². The molecule has 0 rings (SSSR count). The minimum atomic E-state index is -1.97. The van der Waals surface area contributed by atoms with Crippen molar-refractivity contribution in [3.63, 3.8) is 0 Å². The van der Waals surface area contributed by atoms with Crippen LogP contribution in [-0.4, -0.2) is 80.2 Å². The number of aliphatic hydroxyl groups is 6. The first-order valence-electron chi connectivity index (χ1n) is 5.63. The van der Waals surface area contributed by atoms with Gasteiger partial charge in [-0.25, -0.2) is 0 Å². The van der Waals surface area contributed by atoms with Crippen LogP contribution in [0.5, 0.6) is 0 Å². The molecule has 0 radical (unpaired) electrons. The average Bonchev–Trinajstić information content (AvgIpc) is 2.40. The lowest BCUT2D eigenvalue weighted by Gasteiger charge is -2.26. The van der Waals surface area contributed by atoms with Crippen LogP contribution in [0.1, 0.15) is 13.3 Å². The summed E-state index contributed by atoms with van der Waals surface area (Å²) >= 11 is 0. The third-order valence-electron chi connectivity index (χ3n) is 2.58. The standard InChI is InChI=1S/C10H21NO7/c1-2-5(3-12)11-10(18)9(17)8(16)7(15)6(14)4-13/h5-9,12-17H,2-4H2,1H3,(H,11,18). The molecule has 8 heteroatoms. The van der Waals surface area contributed by atoms with Crippen molar-refractivity contribution < 1.29 is 35.4 Å². The minimum Gasteiger partial charge on any atom is -0.394 e. The zero-order valence-corrected chi connectivity index (χ0v) is 10.1. The van der Waals surface area contributed by atoms with Crippen molar-refractivity contribution in [3.05, 3.63) is 0 Å². The Labute approximate surface area is 105 Å². The summed E-state index contributed by atoms with van der Waals surface area (Å²) in [4.78, 5) is 11.4. The molecule has 18 heavy (non-hydrogen) atoms. The van der Waals surface area contributed by atoms with Gasteiger partial charge < -0.3 is 36.0 Å². The highest BCUT2D eigenvalue weighted by atomic mass is 16.4. The maximum Gasteiger partial charge on any atom is 0.251 e. The molecule has 1 amide bonds. The molecule has 0 heterocycles. The number of amides is 1. The average molecular weight is 267 g/mol. The van der Waals surface area contributed by atoms with Crippen LogP contribution < -0.4 is 5.32 Å². The minimum absolute atomic E-state index is 0.327. The van der Waals surface area contributed by atoms with Crippen molar-refractivity contribution in [3.8, 4) is 0 Å². The lowest BCUT2D eigenvalue weighted by Crippen LogP contribution is -2.53. The van der Waals surface area contributed by atoms with E-state index in [1.807, 2.05) is 0 Å². The highest BCUT2D eigenvalue weighted by molar-refractivity contribution is 5.81. The molecule has 5 atom stereocenters. The maximum absolute atomic E-state index is 11.4. The van der Waals surface area contributed by atoms with E-state index in [4.69, 9.17) is 15.3 Å². The second-order valence-corrected chi connectivity index (χ2v) is 3.97. The molecule has 0 aromatic carbocycles. The molecule has 108 valence electrons. The summed E-state index contributed by atoms with van der Waals surface area (Å²) in [5.41, 5.74) is 0. The molecule has 0 aliphatic heterocycles. The Morgan fingerprint density at radius 3 is 2.00 bits per heavy atom. The lowest BCUT2D eigenvalue weighted by atomic mass is 10.0. The van der Waals surface area contributed by atoms with Crippen molar-refractivity contribution in [1.82, 2.24) is 5.32 Å². The van der Waals surface area contributed by atoms with E-state index in [1.54, 1.807) is 6.92 Å². The van der Waals surface area contributed by atoms with E-state index in [-0.39, 0.29) is 6.61 Å². The fraction of sp³-hybridized carbons (Fsp3) is 0.900. The number of rotatable bonds is 8. The Bertz CT molecular complexity index is 246. The van der Waals surface area contributed by atoms with Gasteiger partial charge in [-0.2, -0.15) is 0 Å². The van der Waals surface area contributed by atoms with Gasteiger partial charge in [-0.05, 0) is 6.42 Å². The third kappa shape index (κ3) is 4.84. The summed E-state index contributed by atoms with van der Waals surface area (Å²) in [7, 11) is 0. The van der Waals surface area contributed by atoms with Crippen LogP contribution in [0.25, 0.3) is 0 Å². The van der Waals surface area contributed by atoms with Gasteiger partial charge in [-0.3, -0.25) is 4.79 Å². The number of hydrogen-bond donors (Lipinski definition) is 7. The molecular weight excluding hydrogens is 246 g/mol. The van der Waals surface area contributed by atoms with Crippen molar-refractivity contribution in [2.45, 2.75) is 43.8 Å². The smallest absolute Gasteiger partial charge is 0.251 e. The topological polar surface area (TPSA) is 150 Å². The molecule has 0 fully saturated rings. The van der Waals surface area contributed by atoms with E-state index in [9.17, 15) is 20.1 Å². The fourth-order valence-electron chi connectivity index (χ4n) is 1.24. The Morgan fingerprint density at radius 1 is 1.06 bits per heavy atom. The Morgan fingerprint density at radius 2 is 1.61 bits per heavy atom. The monoisotopic (exact) mass is 267 g/mol. The van der Waals surface area contributed by atoms with Crippen LogP contribution in [0.4, 0.5) is 0 Å². The molecule has 0 aromatic rings. The number of carbonyl (C=O) groups is 1. The highest BCUT2D eigenvalue weighted by Crippen LogP contribution is 2.06. The number of hydrogen-bond acceptors (Lipinski definition) is 7. The van der Waals surface area contributed by atoms with Crippen LogP contribution in [-0.2, 0) is 4.79 Å². The zero-order valence-electron chi connectivity index (χ0n) is 10.1. The van der Waals surface area contributed by atoms with Crippen molar-refractivity contribution in [2.24, 2.45) is 0 Å². The van der Waals surface area contributed by atoms with Crippen molar-refractivity contribution in [2.75, 3.05) is 13.2 Å². The lowest BCUT2D eigenvalue weighted by molar-refractivity contribution is -0.149. The summed E-state index contributed by atoms with van der Waals surface area (Å²) in [6.07, 6.45) is -7.01. The van der Waals surface area contributed by atoms with Gasteiger partial charge in [-0.1, -0.05) is 6.92 Å². The number of nitrogens with one attached hydrogen (secondary N) is 1. The largest absolute Gasteiger partial charge is 0.394 e. The number of carbonyl (C=O) groups excluding carboxylic acids is 1. The molecule has 7 N–H and O–H groups in total. The normalized spacial score (nSPS) is 19.7. The van der Waals surface area contributed by atoms with Gasteiger partial charge in [0.1, 0.15) is 18.3 Å². The maximum atomic E-state index is 11.4. The molecule has 0 bridgehead atoms. The van der Waals surface area contributed by atoms with E-state index in [1.165, 1.54) is 0 Å². The van der Waals surface area contributed by atoms with Crippen LogP contribution in [0.3, 0.4) is 0 Å². The first-order valence-corrected chi connectivity index (χ1v) is 5.63.